The predicted octanol–water partition coefficient (Wildman–Crippen LogP) is 5.42. The first-order valence-corrected chi connectivity index (χ1v) is 9.74. The minimum Gasteiger partial charge on any atom is -0.377 e. The lowest BCUT2D eigenvalue weighted by molar-refractivity contribution is -0.113. The summed E-state index contributed by atoms with van der Waals surface area (Å²) in [6, 6.07) is 19.1. The zero-order valence-electron chi connectivity index (χ0n) is 16.6. The molecule has 0 spiro atoms. The van der Waals surface area contributed by atoms with Gasteiger partial charge in [0.15, 0.2) is 11.2 Å². The van der Waals surface area contributed by atoms with Crippen molar-refractivity contribution in [1.82, 2.24) is 0 Å². The number of benzene rings is 4. The van der Waals surface area contributed by atoms with Gasteiger partial charge in [-0.1, -0.05) is 48.5 Å². The molecule has 0 unspecified atom stereocenters. The van der Waals surface area contributed by atoms with Crippen LogP contribution in [-0.2, 0) is 11.2 Å². The molecule has 6 heteroatoms. The molecule has 0 aliphatic carbocycles. The molecule has 4 aromatic carbocycles. The molecule has 0 amide bonds. The minimum atomic E-state index is -2.54. The highest BCUT2D eigenvalue weighted by atomic mass is 19.1. The van der Waals surface area contributed by atoms with Crippen molar-refractivity contribution in [3.05, 3.63) is 143 Å². The SMILES string of the molecule is OC(c1cccc(F)c1)(c1cccc(F)c1)C(O)(c1cccc(F)c1)c1cccc(F)c1. The first-order valence-electron chi connectivity index (χ1n) is 9.74. The van der Waals surface area contributed by atoms with Crippen LogP contribution < -0.4 is 0 Å². The molecule has 0 saturated carbocycles. The van der Waals surface area contributed by atoms with Crippen molar-refractivity contribution in [3.8, 4) is 0 Å². The Morgan fingerprint density at radius 2 is 0.625 bits per heavy atom. The fourth-order valence-corrected chi connectivity index (χ4v) is 4.02. The number of aliphatic hydroxyl groups is 2. The Morgan fingerprint density at radius 3 is 0.812 bits per heavy atom. The first kappa shape index (κ1) is 21.7. The second-order valence-electron chi connectivity index (χ2n) is 7.46. The highest BCUT2D eigenvalue weighted by Gasteiger charge is 2.54. The summed E-state index contributed by atoms with van der Waals surface area (Å²) in [6.45, 7) is 0. The molecule has 32 heavy (non-hydrogen) atoms. The van der Waals surface area contributed by atoms with Gasteiger partial charge in [0.1, 0.15) is 23.3 Å². The van der Waals surface area contributed by atoms with Crippen molar-refractivity contribution in [2.24, 2.45) is 0 Å². The zero-order chi connectivity index (χ0) is 22.9. The van der Waals surface area contributed by atoms with E-state index in [1.54, 1.807) is 0 Å². The Bertz CT molecular complexity index is 1080. The van der Waals surface area contributed by atoms with Gasteiger partial charge in [-0.15, -0.1) is 0 Å². The molecule has 0 aliphatic rings. The van der Waals surface area contributed by atoms with E-state index < -0.39 is 34.5 Å². The van der Waals surface area contributed by atoms with Gasteiger partial charge in [0.2, 0.25) is 0 Å². The Kier molecular flexibility index (Phi) is 5.59. The second-order valence-corrected chi connectivity index (χ2v) is 7.46. The maximum absolute atomic E-state index is 14.2. The lowest BCUT2D eigenvalue weighted by atomic mass is 9.66. The number of hydrogen-bond donors (Lipinski definition) is 2. The summed E-state index contributed by atoms with van der Waals surface area (Å²) < 4.78 is 56.9. The molecule has 2 N–H and O–H groups in total. The lowest BCUT2D eigenvalue weighted by Crippen LogP contribution is -2.51. The van der Waals surface area contributed by atoms with Crippen LogP contribution in [0.5, 0.6) is 0 Å². The van der Waals surface area contributed by atoms with Crippen molar-refractivity contribution in [2.75, 3.05) is 0 Å². The van der Waals surface area contributed by atoms with E-state index in [-0.39, 0.29) is 22.3 Å². The number of rotatable bonds is 5. The zero-order valence-corrected chi connectivity index (χ0v) is 16.6. The van der Waals surface area contributed by atoms with E-state index in [4.69, 9.17) is 0 Å². The molecule has 0 aliphatic heterocycles. The molecule has 4 aromatic rings. The van der Waals surface area contributed by atoms with Gasteiger partial charge in [0.05, 0.1) is 0 Å². The lowest BCUT2D eigenvalue weighted by Gasteiger charge is -2.45. The van der Waals surface area contributed by atoms with Gasteiger partial charge >= 0.3 is 0 Å². The normalized spacial score (nSPS) is 12.1. The van der Waals surface area contributed by atoms with Crippen LogP contribution in [0.15, 0.2) is 97.1 Å². The minimum absolute atomic E-state index is 0.140. The summed E-state index contributed by atoms with van der Waals surface area (Å²) in [6.07, 6.45) is 0. The van der Waals surface area contributed by atoms with Gasteiger partial charge < -0.3 is 10.2 Å². The van der Waals surface area contributed by atoms with Crippen LogP contribution in [0.3, 0.4) is 0 Å². The largest absolute Gasteiger partial charge is 0.377 e. The van der Waals surface area contributed by atoms with Gasteiger partial charge in [0.25, 0.3) is 0 Å². The summed E-state index contributed by atoms with van der Waals surface area (Å²) in [7, 11) is 0. The molecule has 0 fully saturated rings. The van der Waals surface area contributed by atoms with Crippen LogP contribution in [0, 0.1) is 23.3 Å². The van der Waals surface area contributed by atoms with Crippen molar-refractivity contribution in [1.29, 1.82) is 0 Å². The molecule has 0 bridgehead atoms. The topological polar surface area (TPSA) is 40.5 Å². The average molecular weight is 438 g/mol. The molecule has 0 atom stereocenters. The molecular weight excluding hydrogens is 420 g/mol. The molecule has 0 aromatic heterocycles. The molecule has 162 valence electrons. The van der Waals surface area contributed by atoms with Gasteiger partial charge in [-0.05, 0) is 70.8 Å². The summed E-state index contributed by atoms with van der Waals surface area (Å²) in [5.74, 6) is -2.90. The van der Waals surface area contributed by atoms with E-state index in [0.717, 1.165) is 48.5 Å². The summed E-state index contributed by atoms with van der Waals surface area (Å²) in [4.78, 5) is 0. The van der Waals surface area contributed by atoms with Crippen molar-refractivity contribution in [2.45, 2.75) is 11.2 Å². The van der Waals surface area contributed by atoms with E-state index in [9.17, 15) is 27.8 Å². The Hall–Kier alpha value is -3.48. The van der Waals surface area contributed by atoms with E-state index in [0.29, 0.717) is 0 Å². The van der Waals surface area contributed by atoms with Crippen molar-refractivity contribution < 1.29 is 27.8 Å². The highest BCUT2D eigenvalue weighted by Crippen LogP contribution is 2.50. The smallest absolute Gasteiger partial charge is 0.152 e. The standard InChI is InChI=1S/C26H18F4O2/c27-21-9-1-5-17(13-21)25(31,18-6-2-10-22(28)14-18)26(32,19-7-3-11-23(29)15-19)20-8-4-12-24(30)16-20/h1-16,31-32H. The van der Waals surface area contributed by atoms with E-state index in [1.807, 2.05) is 0 Å². The molecule has 0 radical (unpaired) electrons. The second kappa shape index (κ2) is 8.22. The van der Waals surface area contributed by atoms with Gasteiger partial charge in [-0.3, -0.25) is 0 Å². The third kappa shape index (κ3) is 3.57. The fraction of sp³-hybridized carbons (Fsp3) is 0.0769. The summed E-state index contributed by atoms with van der Waals surface area (Å²) in [5, 5.41) is 24.4. The van der Waals surface area contributed by atoms with Crippen molar-refractivity contribution >= 4 is 0 Å². The Morgan fingerprint density at radius 1 is 0.406 bits per heavy atom. The van der Waals surface area contributed by atoms with E-state index >= 15 is 0 Å². The first-order chi connectivity index (χ1) is 15.2. The van der Waals surface area contributed by atoms with E-state index in [2.05, 4.69) is 0 Å². The Labute approximate surface area is 182 Å². The van der Waals surface area contributed by atoms with Crippen LogP contribution in [0.25, 0.3) is 0 Å². The molecule has 0 saturated heterocycles. The van der Waals surface area contributed by atoms with Crippen LogP contribution in [0.1, 0.15) is 22.3 Å². The molecule has 2 nitrogen and oxygen atoms in total. The maximum atomic E-state index is 14.2. The van der Waals surface area contributed by atoms with Gasteiger partial charge in [-0.25, -0.2) is 17.6 Å². The van der Waals surface area contributed by atoms with Crippen LogP contribution in [0.2, 0.25) is 0 Å². The third-order valence-electron chi connectivity index (χ3n) is 5.49. The molecule has 4 rings (SSSR count). The van der Waals surface area contributed by atoms with Crippen LogP contribution in [0.4, 0.5) is 17.6 Å². The maximum Gasteiger partial charge on any atom is 0.152 e. The Balaban J connectivity index is 2.15. The van der Waals surface area contributed by atoms with Crippen LogP contribution >= 0.6 is 0 Å². The fourth-order valence-electron chi connectivity index (χ4n) is 4.02. The molecule has 0 heterocycles. The van der Waals surface area contributed by atoms with Gasteiger partial charge in [0, 0.05) is 0 Å². The van der Waals surface area contributed by atoms with Crippen LogP contribution in [-0.4, -0.2) is 10.2 Å². The summed E-state index contributed by atoms with van der Waals surface area (Å²) >= 11 is 0. The number of halogens is 4. The quantitative estimate of drug-likeness (QED) is 0.409. The monoisotopic (exact) mass is 438 g/mol. The molecular formula is C26H18F4O2. The average Bonchev–Trinajstić information content (AvgIpc) is 2.78. The number of hydrogen-bond acceptors (Lipinski definition) is 2. The third-order valence-corrected chi connectivity index (χ3v) is 5.49. The van der Waals surface area contributed by atoms with Crippen molar-refractivity contribution in [3.63, 3.8) is 0 Å². The summed E-state index contributed by atoms with van der Waals surface area (Å²) in [5.41, 5.74) is -5.64. The highest BCUT2D eigenvalue weighted by molar-refractivity contribution is 5.50. The van der Waals surface area contributed by atoms with Gasteiger partial charge in [-0.2, -0.15) is 0 Å². The predicted molar refractivity (Wildman–Crippen MR) is 112 cm³/mol. The van der Waals surface area contributed by atoms with E-state index in [1.165, 1.54) is 48.5 Å².